The molecule has 0 saturated carbocycles. The summed E-state index contributed by atoms with van der Waals surface area (Å²) >= 11 is 0. The van der Waals surface area contributed by atoms with Gasteiger partial charge in [-0.1, -0.05) is 0 Å². The molecular formula is C12H10F2N2. The first-order valence-corrected chi connectivity index (χ1v) is 4.75. The van der Waals surface area contributed by atoms with Crippen molar-refractivity contribution in [3.05, 3.63) is 47.7 Å². The Kier molecular flexibility index (Phi) is 2.56. The van der Waals surface area contributed by atoms with Crippen LogP contribution >= 0.6 is 0 Å². The summed E-state index contributed by atoms with van der Waals surface area (Å²) in [5, 5.41) is 0. The fourth-order valence-corrected chi connectivity index (χ4v) is 1.46. The number of aryl methyl sites for hydroxylation is 1. The van der Waals surface area contributed by atoms with E-state index >= 15 is 0 Å². The molecule has 0 radical (unpaired) electrons. The Morgan fingerprint density at radius 2 is 1.62 bits per heavy atom. The number of hydrogen-bond donors (Lipinski definition) is 1. The van der Waals surface area contributed by atoms with Crippen LogP contribution in [0.1, 0.15) is 5.56 Å². The van der Waals surface area contributed by atoms with Gasteiger partial charge in [0, 0.05) is 17.8 Å². The molecule has 0 spiro atoms. The molecule has 0 aliphatic rings. The van der Waals surface area contributed by atoms with Crippen molar-refractivity contribution >= 4 is 5.82 Å². The van der Waals surface area contributed by atoms with Gasteiger partial charge in [-0.3, -0.25) is 0 Å². The molecule has 2 N–H and O–H groups in total. The van der Waals surface area contributed by atoms with E-state index in [0.29, 0.717) is 16.9 Å². The molecule has 1 aromatic carbocycles. The fraction of sp³-hybridized carbons (Fsp3) is 0.0833. The van der Waals surface area contributed by atoms with Crippen molar-refractivity contribution in [2.75, 3.05) is 5.73 Å². The monoisotopic (exact) mass is 220 g/mol. The van der Waals surface area contributed by atoms with Gasteiger partial charge in [-0.05, 0) is 36.2 Å². The number of nitrogens with zero attached hydrogens (tertiary/aromatic N) is 1. The Morgan fingerprint density at radius 1 is 1.00 bits per heavy atom. The summed E-state index contributed by atoms with van der Waals surface area (Å²) in [7, 11) is 0. The topological polar surface area (TPSA) is 38.9 Å². The number of nitrogen functional groups attached to an aromatic ring is 1. The van der Waals surface area contributed by atoms with E-state index in [4.69, 9.17) is 5.73 Å². The quantitative estimate of drug-likeness (QED) is 0.802. The van der Waals surface area contributed by atoms with Gasteiger partial charge < -0.3 is 5.73 Å². The highest BCUT2D eigenvalue weighted by Gasteiger charge is 2.05. The van der Waals surface area contributed by atoms with Crippen LogP contribution in [0.25, 0.3) is 11.1 Å². The minimum atomic E-state index is -0.607. The van der Waals surface area contributed by atoms with E-state index in [2.05, 4.69) is 4.98 Å². The number of benzene rings is 1. The lowest BCUT2D eigenvalue weighted by atomic mass is 10.1. The van der Waals surface area contributed by atoms with Crippen LogP contribution in [0, 0.1) is 18.6 Å². The van der Waals surface area contributed by atoms with Crippen LogP contribution in [0.5, 0.6) is 0 Å². The highest BCUT2D eigenvalue weighted by Crippen LogP contribution is 2.23. The molecule has 0 atom stereocenters. The predicted octanol–water partition coefficient (Wildman–Crippen LogP) is 2.92. The van der Waals surface area contributed by atoms with E-state index in [0.717, 1.165) is 11.6 Å². The summed E-state index contributed by atoms with van der Waals surface area (Å²) in [4.78, 5) is 3.95. The lowest BCUT2D eigenvalue weighted by Crippen LogP contribution is -1.94. The molecule has 2 nitrogen and oxygen atoms in total. The van der Waals surface area contributed by atoms with Crippen molar-refractivity contribution in [2.24, 2.45) is 0 Å². The standard InChI is InChI=1S/C12H10F2N2/c1-7-2-9(6-16-12(7)15)8-3-10(13)5-11(14)4-8/h2-6H,1H3,(H2,15,16). The number of anilines is 1. The molecule has 0 unspecified atom stereocenters. The van der Waals surface area contributed by atoms with Crippen LogP contribution < -0.4 is 5.73 Å². The van der Waals surface area contributed by atoms with Gasteiger partial charge in [0.1, 0.15) is 17.5 Å². The second kappa shape index (κ2) is 3.89. The molecule has 0 bridgehead atoms. The van der Waals surface area contributed by atoms with Gasteiger partial charge in [0.25, 0.3) is 0 Å². The van der Waals surface area contributed by atoms with E-state index in [1.807, 2.05) is 0 Å². The zero-order valence-electron chi connectivity index (χ0n) is 8.67. The number of rotatable bonds is 1. The van der Waals surface area contributed by atoms with Gasteiger partial charge in [-0.2, -0.15) is 0 Å². The summed E-state index contributed by atoms with van der Waals surface area (Å²) in [6.07, 6.45) is 1.50. The lowest BCUT2D eigenvalue weighted by Gasteiger charge is -2.05. The number of aromatic nitrogens is 1. The summed E-state index contributed by atoms with van der Waals surface area (Å²) in [6.45, 7) is 1.79. The molecule has 0 aliphatic carbocycles. The summed E-state index contributed by atoms with van der Waals surface area (Å²) in [5.41, 5.74) is 7.44. The Labute approximate surface area is 91.7 Å². The number of pyridine rings is 1. The molecule has 0 fully saturated rings. The van der Waals surface area contributed by atoms with Crippen LogP contribution in [-0.4, -0.2) is 4.98 Å². The minimum absolute atomic E-state index is 0.417. The molecule has 1 aromatic heterocycles. The van der Waals surface area contributed by atoms with E-state index < -0.39 is 11.6 Å². The second-order valence-electron chi connectivity index (χ2n) is 3.58. The second-order valence-corrected chi connectivity index (χ2v) is 3.58. The highest BCUT2D eigenvalue weighted by molar-refractivity contribution is 5.65. The largest absolute Gasteiger partial charge is 0.383 e. The van der Waals surface area contributed by atoms with Crippen molar-refractivity contribution in [1.82, 2.24) is 4.98 Å². The third kappa shape index (κ3) is 2.00. The third-order valence-corrected chi connectivity index (χ3v) is 2.31. The van der Waals surface area contributed by atoms with E-state index in [1.54, 1.807) is 13.0 Å². The maximum atomic E-state index is 13.0. The smallest absolute Gasteiger partial charge is 0.126 e. The Morgan fingerprint density at radius 3 is 2.19 bits per heavy atom. The zero-order chi connectivity index (χ0) is 11.7. The fourth-order valence-electron chi connectivity index (χ4n) is 1.46. The van der Waals surface area contributed by atoms with Gasteiger partial charge in [-0.25, -0.2) is 13.8 Å². The van der Waals surface area contributed by atoms with Crippen LogP contribution in [0.15, 0.2) is 30.5 Å². The van der Waals surface area contributed by atoms with Crippen LogP contribution in [0.4, 0.5) is 14.6 Å². The molecule has 82 valence electrons. The minimum Gasteiger partial charge on any atom is -0.383 e. The summed E-state index contributed by atoms with van der Waals surface area (Å²) in [6, 6.07) is 5.10. The van der Waals surface area contributed by atoms with Crippen LogP contribution in [-0.2, 0) is 0 Å². The number of hydrogen-bond acceptors (Lipinski definition) is 2. The predicted molar refractivity (Wildman–Crippen MR) is 58.7 cm³/mol. The normalized spacial score (nSPS) is 10.4. The third-order valence-electron chi connectivity index (χ3n) is 2.31. The molecule has 2 aromatic rings. The lowest BCUT2D eigenvalue weighted by molar-refractivity contribution is 0.584. The first-order valence-electron chi connectivity index (χ1n) is 4.75. The summed E-state index contributed by atoms with van der Waals surface area (Å²) < 4.78 is 26.0. The van der Waals surface area contributed by atoms with Gasteiger partial charge in [0.2, 0.25) is 0 Å². The molecule has 16 heavy (non-hydrogen) atoms. The average Bonchev–Trinajstić information content (AvgIpc) is 2.20. The maximum absolute atomic E-state index is 13.0. The zero-order valence-corrected chi connectivity index (χ0v) is 8.67. The SMILES string of the molecule is Cc1cc(-c2cc(F)cc(F)c2)cnc1N. The first-order chi connectivity index (χ1) is 7.56. The van der Waals surface area contributed by atoms with Crippen molar-refractivity contribution < 1.29 is 8.78 Å². The Balaban J connectivity index is 2.54. The van der Waals surface area contributed by atoms with Gasteiger partial charge >= 0.3 is 0 Å². The first kappa shape index (κ1) is 10.5. The van der Waals surface area contributed by atoms with Crippen molar-refractivity contribution in [3.63, 3.8) is 0 Å². The van der Waals surface area contributed by atoms with Gasteiger partial charge in [-0.15, -0.1) is 0 Å². The summed E-state index contributed by atoms with van der Waals surface area (Å²) in [5.74, 6) is -0.797. The molecule has 4 heteroatoms. The van der Waals surface area contributed by atoms with Crippen molar-refractivity contribution in [3.8, 4) is 11.1 Å². The average molecular weight is 220 g/mol. The molecular weight excluding hydrogens is 210 g/mol. The van der Waals surface area contributed by atoms with Crippen molar-refractivity contribution in [2.45, 2.75) is 6.92 Å². The van der Waals surface area contributed by atoms with E-state index in [9.17, 15) is 8.78 Å². The number of nitrogens with two attached hydrogens (primary N) is 1. The molecule has 0 saturated heterocycles. The molecule has 2 rings (SSSR count). The molecule has 0 aliphatic heterocycles. The van der Waals surface area contributed by atoms with E-state index in [1.165, 1.54) is 18.3 Å². The Bertz CT molecular complexity index is 518. The van der Waals surface area contributed by atoms with Gasteiger partial charge in [0.15, 0.2) is 0 Å². The van der Waals surface area contributed by atoms with Crippen molar-refractivity contribution in [1.29, 1.82) is 0 Å². The highest BCUT2D eigenvalue weighted by atomic mass is 19.1. The van der Waals surface area contributed by atoms with Crippen LogP contribution in [0.2, 0.25) is 0 Å². The maximum Gasteiger partial charge on any atom is 0.126 e. The molecule has 0 amide bonds. The van der Waals surface area contributed by atoms with Crippen LogP contribution in [0.3, 0.4) is 0 Å². The van der Waals surface area contributed by atoms with E-state index in [-0.39, 0.29) is 0 Å². The number of halogens is 2. The van der Waals surface area contributed by atoms with Gasteiger partial charge in [0.05, 0.1) is 0 Å². The molecule has 1 heterocycles. The Hall–Kier alpha value is -1.97.